The van der Waals surface area contributed by atoms with E-state index in [4.69, 9.17) is 6.15 Å². The Balaban J connectivity index is 1.14. The summed E-state index contributed by atoms with van der Waals surface area (Å²) in [5.74, 6) is 0.936. The Hall–Kier alpha value is -2.40. The van der Waals surface area contributed by atoms with Crippen LogP contribution in [0.2, 0.25) is 8.87 Å². The fourth-order valence-electron chi connectivity index (χ4n) is 9.25. The zero-order chi connectivity index (χ0) is 36.9. The molecule has 2 unspecified atom stereocenters. The fourth-order valence-corrected chi connectivity index (χ4v) is 19.1. The van der Waals surface area contributed by atoms with Gasteiger partial charge < -0.3 is 0 Å². The first-order valence-electron chi connectivity index (χ1n) is 21.7. The van der Waals surface area contributed by atoms with E-state index < -0.39 is 19.2 Å². The van der Waals surface area contributed by atoms with E-state index in [1.54, 1.807) is 0 Å². The number of unbranched alkanes of at least 4 members (excludes halogenated alkanes) is 10. The standard InChI is InChI=1S/2C17H17O.2C8H17.Sn/c2*1-12(9-10-18)14-7-4-8-16-15-6-3-2-5-13(15)11-17(14)16;2*1-3-5-7-8-6-4-2;/h2*2-8,12H,9-11H2,1H3;2*1,3-8H2,2H3;/q2*-1;;;+2. The SMILES string of the molecule is CCCCCCC[CH2][Sn]([CH2]CCCCCCC)([O]CCC(C)c1cccc2c1Cc1ccccc1-2)[O]CCC(C)c1cccc2c1Cc1ccccc1-2. The van der Waals surface area contributed by atoms with Gasteiger partial charge in [0.25, 0.3) is 0 Å². The molecule has 2 nitrogen and oxygen atoms in total. The van der Waals surface area contributed by atoms with E-state index >= 15 is 0 Å². The third-order valence-electron chi connectivity index (χ3n) is 12.5. The van der Waals surface area contributed by atoms with Crippen molar-refractivity contribution in [2.24, 2.45) is 0 Å². The zero-order valence-corrected chi connectivity index (χ0v) is 36.6. The Labute approximate surface area is 328 Å². The Morgan fingerprint density at radius 3 is 1.32 bits per heavy atom. The van der Waals surface area contributed by atoms with Gasteiger partial charge in [-0.05, 0) is 0 Å². The van der Waals surface area contributed by atoms with Crippen molar-refractivity contribution in [3.05, 3.63) is 118 Å². The summed E-state index contributed by atoms with van der Waals surface area (Å²) in [6.07, 6.45) is 20.2. The maximum atomic E-state index is 7.35. The molecular weight excluding hydrogens is 751 g/mol. The van der Waals surface area contributed by atoms with Crippen LogP contribution in [0, 0.1) is 0 Å². The van der Waals surface area contributed by atoms with Crippen LogP contribution >= 0.6 is 0 Å². The Morgan fingerprint density at radius 1 is 0.472 bits per heavy atom. The van der Waals surface area contributed by atoms with Crippen molar-refractivity contribution < 1.29 is 6.15 Å². The van der Waals surface area contributed by atoms with Gasteiger partial charge in [-0.3, -0.25) is 0 Å². The van der Waals surface area contributed by atoms with Crippen molar-refractivity contribution in [2.45, 2.75) is 151 Å². The Morgan fingerprint density at radius 2 is 0.868 bits per heavy atom. The molecule has 0 saturated heterocycles. The second kappa shape index (κ2) is 20.5. The number of fused-ring (bicyclic) bond motifs is 6. The van der Waals surface area contributed by atoms with Gasteiger partial charge in [-0.15, -0.1) is 0 Å². The first-order chi connectivity index (χ1) is 26.0. The van der Waals surface area contributed by atoms with Crippen LogP contribution in [0.4, 0.5) is 0 Å². The molecule has 4 aromatic rings. The van der Waals surface area contributed by atoms with Crippen molar-refractivity contribution in [3.63, 3.8) is 0 Å². The van der Waals surface area contributed by atoms with Gasteiger partial charge in [-0.2, -0.15) is 0 Å². The van der Waals surface area contributed by atoms with Gasteiger partial charge in [0.2, 0.25) is 0 Å². The normalized spacial score (nSPS) is 14.1. The number of rotatable bonds is 24. The van der Waals surface area contributed by atoms with Crippen LogP contribution in [-0.2, 0) is 19.0 Å². The van der Waals surface area contributed by atoms with Crippen LogP contribution in [0.5, 0.6) is 0 Å². The molecule has 0 heterocycles. The van der Waals surface area contributed by atoms with Gasteiger partial charge in [0.15, 0.2) is 0 Å². The van der Waals surface area contributed by atoms with Crippen LogP contribution < -0.4 is 0 Å². The summed E-state index contributed by atoms with van der Waals surface area (Å²) in [5.41, 5.74) is 14.8. The van der Waals surface area contributed by atoms with E-state index in [-0.39, 0.29) is 0 Å². The van der Waals surface area contributed by atoms with Crippen LogP contribution in [0.3, 0.4) is 0 Å². The minimum atomic E-state index is -3.39. The molecule has 0 fully saturated rings. The molecule has 0 saturated carbocycles. The van der Waals surface area contributed by atoms with E-state index in [1.165, 1.54) is 142 Å². The monoisotopic (exact) mass is 820 g/mol. The summed E-state index contributed by atoms with van der Waals surface area (Å²) in [7, 11) is 0. The van der Waals surface area contributed by atoms with Crippen molar-refractivity contribution >= 4 is 19.2 Å². The van der Waals surface area contributed by atoms with E-state index in [1.807, 2.05) is 0 Å². The predicted molar refractivity (Wildman–Crippen MR) is 229 cm³/mol. The quantitative estimate of drug-likeness (QED) is 0.0447. The van der Waals surface area contributed by atoms with Crippen molar-refractivity contribution in [1.29, 1.82) is 0 Å². The molecule has 0 aliphatic heterocycles. The first kappa shape index (κ1) is 40.3. The molecule has 0 amide bonds. The average molecular weight is 820 g/mol. The molecule has 2 aliphatic carbocycles. The van der Waals surface area contributed by atoms with Gasteiger partial charge in [0.1, 0.15) is 0 Å². The maximum absolute atomic E-state index is 7.35. The average Bonchev–Trinajstić information content (AvgIpc) is 3.76. The van der Waals surface area contributed by atoms with E-state index in [0.29, 0.717) is 11.8 Å². The molecule has 0 bridgehead atoms. The molecule has 2 aliphatic rings. The van der Waals surface area contributed by atoms with Gasteiger partial charge in [0, 0.05) is 0 Å². The van der Waals surface area contributed by atoms with Crippen LogP contribution in [-0.4, -0.2) is 32.4 Å². The summed E-state index contributed by atoms with van der Waals surface area (Å²) < 4.78 is 17.1. The third kappa shape index (κ3) is 10.5. The molecule has 6 rings (SSSR count). The Kier molecular flexibility index (Phi) is 15.6. The summed E-state index contributed by atoms with van der Waals surface area (Å²) in [6.45, 7) is 11.2. The molecule has 0 spiro atoms. The number of hydrogen-bond donors (Lipinski definition) is 0. The van der Waals surface area contributed by atoms with Crippen molar-refractivity contribution in [3.8, 4) is 22.3 Å². The van der Waals surface area contributed by atoms with Crippen molar-refractivity contribution in [1.82, 2.24) is 0 Å². The molecule has 3 heteroatoms. The molecule has 0 N–H and O–H groups in total. The summed E-state index contributed by atoms with van der Waals surface area (Å²) in [6, 6.07) is 31.9. The minimum absolute atomic E-state index is 0.468. The summed E-state index contributed by atoms with van der Waals surface area (Å²) in [5, 5.41) is 0. The second-order valence-corrected chi connectivity index (χ2v) is 26.1. The van der Waals surface area contributed by atoms with Crippen LogP contribution in [0.15, 0.2) is 84.9 Å². The van der Waals surface area contributed by atoms with Gasteiger partial charge in [-0.1, -0.05) is 0 Å². The summed E-state index contributed by atoms with van der Waals surface area (Å²) in [4.78, 5) is 0. The van der Waals surface area contributed by atoms with Crippen LogP contribution in [0.1, 0.15) is 163 Å². The summed E-state index contributed by atoms with van der Waals surface area (Å²) >= 11 is -3.39. The number of hydrogen-bond acceptors (Lipinski definition) is 2. The molecule has 284 valence electrons. The van der Waals surface area contributed by atoms with Gasteiger partial charge in [0.05, 0.1) is 0 Å². The third-order valence-corrected chi connectivity index (χ3v) is 23.0. The van der Waals surface area contributed by atoms with Gasteiger partial charge in [-0.25, -0.2) is 0 Å². The molecule has 53 heavy (non-hydrogen) atoms. The van der Waals surface area contributed by atoms with E-state index in [0.717, 1.165) is 38.9 Å². The predicted octanol–water partition coefficient (Wildman–Crippen LogP) is 14.7. The molecule has 0 aromatic heterocycles. The first-order valence-corrected chi connectivity index (χ1v) is 28.1. The molecule has 2 atom stereocenters. The Bertz CT molecular complexity index is 1600. The van der Waals surface area contributed by atoms with Crippen LogP contribution in [0.25, 0.3) is 22.3 Å². The number of benzene rings is 4. The second-order valence-electron chi connectivity index (χ2n) is 16.4. The van der Waals surface area contributed by atoms with E-state index in [2.05, 4.69) is 113 Å². The van der Waals surface area contributed by atoms with Gasteiger partial charge >= 0.3 is 330 Å². The zero-order valence-electron chi connectivity index (χ0n) is 33.7. The van der Waals surface area contributed by atoms with E-state index in [9.17, 15) is 0 Å². The molecular formula is C50H68O2Sn. The fraction of sp³-hybridized carbons (Fsp3) is 0.520. The topological polar surface area (TPSA) is 18.5 Å². The van der Waals surface area contributed by atoms with Crippen molar-refractivity contribution in [2.75, 3.05) is 13.2 Å². The molecule has 4 aromatic carbocycles. The molecule has 0 radical (unpaired) electrons.